The minimum absolute atomic E-state index is 0.187. The number of nitro groups is 1. The normalized spacial score (nSPS) is 16.3. The molecular formula is C14H21N3O2. The van der Waals surface area contributed by atoms with Crippen molar-refractivity contribution < 1.29 is 4.92 Å². The van der Waals surface area contributed by atoms with Gasteiger partial charge < -0.3 is 5.32 Å². The zero-order valence-electron chi connectivity index (χ0n) is 11.6. The van der Waals surface area contributed by atoms with E-state index in [1.54, 1.807) is 19.2 Å². The summed E-state index contributed by atoms with van der Waals surface area (Å²) in [7, 11) is 0. The van der Waals surface area contributed by atoms with Crippen LogP contribution in [0.25, 0.3) is 0 Å². The van der Waals surface area contributed by atoms with Crippen LogP contribution in [-0.2, 0) is 6.42 Å². The van der Waals surface area contributed by atoms with Gasteiger partial charge in [-0.25, -0.2) is 0 Å². The van der Waals surface area contributed by atoms with E-state index in [4.69, 9.17) is 0 Å². The van der Waals surface area contributed by atoms with Crippen LogP contribution in [0, 0.1) is 23.0 Å². The molecule has 1 heterocycles. The molecule has 0 aromatic carbocycles. The van der Waals surface area contributed by atoms with Crippen LogP contribution in [0.3, 0.4) is 0 Å². The fourth-order valence-corrected chi connectivity index (χ4v) is 2.45. The smallest absolute Gasteiger partial charge is 0.293 e. The maximum Gasteiger partial charge on any atom is 0.293 e. The minimum Gasteiger partial charge on any atom is -0.313 e. The Hall–Kier alpha value is -1.49. The number of aryl methyl sites for hydroxylation is 1. The Balaban J connectivity index is 2.16. The molecule has 1 fully saturated rings. The summed E-state index contributed by atoms with van der Waals surface area (Å²) in [4.78, 5) is 15.1. The van der Waals surface area contributed by atoms with E-state index in [1.165, 1.54) is 12.8 Å². The van der Waals surface area contributed by atoms with Gasteiger partial charge in [0.25, 0.3) is 5.69 Å². The summed E-state index contributed by atoms with van der Waals surface area (Å²) in [6, 6.07) is 2.03. The van der Waals surface area contributed by atoms with E-state index in [0.29, 0.717) is 29.6 Å². The van der Waals surface area contributed by atoms with E-state index in [2.05, 4.69) is 17.2 Å². The molecule has 0 amide bonds. The average molecular weight is 263 g/mol. The first-order valence-corrected chi connectivity index (χ1v) is 6.95. The lowest BCUT2D eigenvalue weighted by atomic mass is 10.0. The molecule has 1 aliphatic rings. The highest BCUT2D eigenvalue weighted by atomic mass is 16.6. The van der Waals surface area contributed by atoms with Crippen molar-refractivity contribution >= 4 is 5.69 Å². The lowest BCUT2D eigenvalue weighted by molar-refractivity contribution is -0.386. The van der Waals surface area contributed by atoms with Crippen LogP contribution in [0.5, 0.6) is 0 Å². The van der Waals surface area contributed by atoms with Crippen molar-refractivity contribution in [1.82, 2.24) is 10.3 Å². The van der Waals surface area contributed by atoms with Crippen molar-refractivity contribution in [2.75, 3.05) is 6.54 Å². The predicted octanol–water partition coefficient (Wildman–Crippen LogP) is 2.62. The van der Waals surface area contributed by atoms with Crippen molar-refractivity contribution in [2.24, 2.45) is 5.92 Å². The van der Waals surface area contributed by atoms with Gasteiger partial charge in [-0.15, -0.1) is 0 Å². The molecule has 1 N–H and O–H groups in total. The van der Waals surface area contributed by atoms with E-state index in [0.717, 1.165) is 13.0 Å². The zero-order valence-corrected chi connectivity index (χ0v) is 11.6. The summed E-state index contributed by atoms with van der Waals surface area (Å²) < 4.78 is 0. The lowest BCUT2D eigenvalue weighted by Crippen LogP contribution is -2.34. The van der Waals surface area contributed by atoms with Gasteiger partial charge in [0, 0.05) is 24.2 Å². The number of rotatable bonds is 7. The molecule has 0 bridgehead atoms. The highest BCUT2D eigenvalue weighted by molar-refractivity contribution is 5.43. The average Bonchev–Trinajstić information content (AvgIpc) is 3.18. The number of hydrogen-bond acceptors (Lipinski definition) is 4. The third kappa shape index (κ3) is 3.50. The fraction of sp³-hybridized carbons (Fsp3) is 0.643. The molecular weight excluding hydrogens is 242 g/mol. The first kappa shape index (κ1) is 13.9. The molecule has 1 saturated carbocycles. The van der Waals surface area contributed by atoms with Gasteiger partial charge in [0.05, 0.1) is 4.92 Å². The Morgan fingerprint density at radius 2 is 2.32 bits per heavy atom. The van der Waals surface area contributed by atoms with Gasteiger partial charge in [-0.2, -0.15) is 0 Å². The van der Waals surface area contributed by atoms with Gasteiger partial charge in [-0.1, -0.05) is 6.92 Å². The molecule has 1 aromatic heterocycles. The molecule has 5 heteroatoms. The Morgan fingerprint density at radius 3 is 2.89 bits per heavy atom. The van der Waals surface area contributed by atoms with Crippen LogP contribution in [0.2, 0.25) is 0 Å². The second kappa shape index (κ2) is 6.10. The van der Waals surface area contributed by atoms with Gasteiger partial charge in [0.15, 0.2) is 0 Å². The van der Waals surface area contributed by atoms with Crippen molar-refractivity contribution in [3.8, 4) is 0 Å². The van der Waals surface area contributed by atoms with Gasteiger partial charge in [0.1, 0.15) is 5.69 Å². The van der Waals surface area contributed by atoms with Crippen LogP contribution < -0.4 is 5.32 Å². The van der Waals surface area contributed by atoms with E-state index < -0.39 is 0 Å². The summed E-state index contributed by atoms with van der Waals surface area (Å²) in [6.07, 6.45) is 5.85. The summed E-state index contributed by atoms with van der Waals surface area (Å²) in [5, 5.41) is 14.7. The van der Waals surface area contributed by atoms with Gasteiger partial charge in [0.2, 0.25) is 0 Å². The summed E-state index contributed by atoms with van der Waals surface area (Å²) >= 11 is 0. The van der Waals surface area contributed by atoms with Crippen molar-refractivity contribution in [1.29, 1.82) is 0 Å². The Kier molecular flexibility index (Phi) is 4.47. The number of aromatic nitrogens is 1. The Labute approximate surface area is 113 Å². The standard InChI is InChI=1S/C14H21N3O2/c1-3-7-15-12(11-4-5-11)9-13-14(17(18)19)10(2)6-8-16-13/h6,8,11-12,15H,3-5,7,9H2,1-2H3. The SMILES string of the molecule is CCCNC(Cc1nccc(C)c1[N+](=O)[O-])C1CC1. The molecule has 2 rings (SSSR count). The third-order valence-electron chi connectivity index (χ3n) is 3.65. The highest BCUT2D eigenvalue weighted by Gasteiger charge is 2.33. The lowest BCUT2D eigenvalue weighted by Gasteiger charge is -2.17. The second-order valence-corrected chi connectivity index (χ2v) is 5.28. The first-order valence-electron chi connectivity index (χ1n) is 6.95. The molecule has 0 aliphatic heterocycles. The molecule has 0 spiro atoms. The van der Waals surface area contributed by atoms with Crippen LogP contribution in [-0.4, -0.2) is 22.5 Å². The van der Waals surface area contributed by atoms with Gasteiger partial charge in [-0.3, -0.25) is 15.1 Å². The molecule has 0 radical (unpaired) electrons. The molecule has 1 aliphatic carbocycles. The maximum atomic E-state index is 11.2. The second-order valence-electron chi connectivity index (χ2n) is 5.28. The van der Waals surface area contributed by atoms with E-state index >= 15 is 0 Å². The Morgan fingerprint density at radius 1 is 1.58 bits per heavy atom. The summed E-state index contributed by atoms with van der Waals surface area (Å²) in [5.41, 5.74) is 1.50. The van der Waals surface area contributed by atoms with Crippen LogP contribution >= 0.6 is 0 Å². The largest absolute Gasteiger partial charge is 0.313 e. The molecule has 104 valence electrons. The molecule has 0 saturated heterocycles. The number of nitrogens with zero attached hydrogens (tertiary/aromatic N) is 2. The predicted molar refractivity (Wildman–Crippen MR) is 74.1 cm³/mol. The van der Waals surface area contributed by atoms with Crippen molar-refractivity contribution in [3.63, 3.8) is 0 Å². The van der Waals surface area contributed by atoms with E-state index in [-0.39, 0.29) is 10.6 Å². The molecule has 19 heavy (non-hydrogen) atoms. The third-order valence-corrected chi connectivity index (χ3v) is 3.65. The Bertz CT molecular complexity index is 458. The quantitative estimate of drug-likeness (QED) is 0.606. The molecule has 1 unspecified atom stereocenters. The topological polar surface area (TPSA) is 68.1 Å². The number of nitrogens with one attached hydrogen (secondary N) is 1. The zero-order chi connectivity index (χ0) is 13.8. The monoisotopic (exact) mass is 263 g/mol. The summed E-state index contributed by atoms with van der Waals surface area (Å²) in [6.45, 7) is 4.86. The van der Waals surface area contributed by atoms with Crippen LogP contribution in [0.15, 0.2) is 12.3 Å². The molecule has 1 atom stereocenters. The number of pyridine rings is 1. The fourth-order valence-electron chi connectivity index (χ4n) is 2.45. The molecule has 1 aromatic rings. The van der Waals surface area contributed by atoms with Crippen molar-refractivity contribution in [2.45, 2.75) is 45.6 Å². The van der Waals surface area contributed by atoms with E-state index in [9.17, 15) is 10.1 Å². The van der Waals surface area contributed by atoms with Crippen LogP contribution in [0.1, 0.15) is 37.4 Å². The van der Waals surface area contributed by atoms with E-state index in [1.807, 2.05) is 0 Å². The summed E-state index contributed by atoms with van der Waals surface area (Å²) in [5.74, 6) is 0.661. The van der Waals surface area contributed by atoms with Gasteiger partial charge >= 0.3 is 0 Å². The highest BCUT2D eigenvalue weighted by Crippen LogP contribution is 2.35. The van der Waals surface area contributed by atoms with Crippen molar-refractivity contribution in [3.05, 3.63) is 33.6 Å². The minimum atomic E-state index is -0.304. The first-order chi connectivity index (χ1) is 9.13. The van der Waals surface area contributed by atoms with Crippen LogP contribution in [0.4, 0.5) is 5.69 Å². The number of hydrogen-bond donors (Lipinski definition) is 1. The molecule has 5 nitrogen and oxygen atoms in total. The van der Waals surface area contributed by atoms with Gasteiger partial charge in [-0.05, 0) is 44.7 Å². The maximum absolute atomic E-state index is 11.2.